The highest BCUT2D eigenvalue weighted by Gasteiger charge is 2.06. The van der Waals surface area contributed by atoms with Gasteiger partial charge in [-0.05, 0) is 48.7 Å². The number of anilines is 2. The molecule has 116 valence electrons. The van der Waals surface area contributed by atoms with E-state index in [1.54, 1.807) is 36.4 Å². The van der Waals surface area contributed by atoms with Crippen molar-refractivity contribution >= 4 is 17.4 Å². The number of nitrogens with one attached hydrogen (secondary N) is 1. The zero-order valence-corrected chi connectivity index (χ0v) is 12.9. The predicted molar refractivity (Wildman–Crippen MR) is 88.0 cm³/mol. The Balaban J connectivity index is 1.91. The third kappa shape index (κ3) is 4.77. The summed E-state index contributed by atoms with van der Waals surface area (Å²) in [7, 11) is 0. The summed E-state index contributed by atoms with van der Waals surface area (Å²) >= 11 is 0. The van der Waals surface area contributed by atoms with Crippen LogP contribution in [0.4, 0.5) is 11.5 Å². The summed E-state index contributed by atoms with van der Waals surface area (Å²) in [6.45, 7) is 4.99. The number of amides is 1. The van der Waals surface area contributed by atoms with Crippen molar-refractivity contribution in [1.29, 1.82) is 0 Å². The Bertz CT molecular complexity index is 607. The highest BCUT2D eigenvalue weighted by molar-refractivity contribution is 6.04. The van der Waals surface area contributed by atoms with Crippen LogP contribution in [0.15, 0.2) is 42.6 Å². The van der Waals surface area contributed by atoms with Crippen LogP contribution in [0.1, 0.15) is 30.6 Å². The summed E-state index contributed by atoms with van der Waals surface area (Å²) < 4.78 is 5.63. The average Bonchev–Trinajstić information content (AvgIpc) is 2.50. The van der Waals surface area contributed by atoms with E-state index in [-0.39, 0.29) is 5.91 Å². The quantitative estimate of drug-likeness (QED) is 0.857. The Morgan fingerprint density at radius 1 is 1.23 bits per heavy atom. The largest absolute Gasteiger partial charge is 0.494 e. The summed E-state index contributed by atoms with van der Waals surface area (Å²) in [5.74, 6) is 1.60. The molecule has 1 aromatic heterocycles. The van der Waals surface area contributed by atoms with Gasteiger partial charge >= 0.3 is 0 Å². The zero-order valence-electron chi connectivity index (χ0n) is 12.9. The van der Waals surface area contributed by atoms with Crippen LogP contribution in [0.3, 0.4) is 0 Å². The van der Waals surface area contributed by atoms with E-state index in [9.17, 15) is 4.79 Å². The van der Waals surface area contributed by atoms with Gasteiger partial charge in [-0.1, -0.05) is 13.8 Å². The van der Waals surface area contributed by atoms with Gasteiger partial charge in [0.2, 0.25) is 0 Å². The molecule has 5 nitrogen and oxygen atoms in total. The predicted octanol–water partition coefficient (Wildman–Crippen LogP) is 3.34. The van der Waals surface area contributed by atoms with Gasteiger partial charge in [0.25, 0.3) is 5.91 Å². The van der Waals surface area contributed by atoms with Gasteiger partial charge in [0.1, 0.15) is 11.6 Å². The molecule has 0 saturated carbocycles. The van der Waals surface area contributed by atoms with E-state index in [0.29, 0.717) is 29.6 Å². The maximum atomic E-state index is 12.1. The molecule has 0 aliphatic rings. The highest BCUT2D eigenvalue weighted by atomic mass is 16.5. The van der Waals surface area contributed by atoms with Gasteiger partial charge in [0.05, 0.1) is 18.5 Å². The average molecular weight is 299 g/mol. The second-order valence-corrected chi connectivity index (χ2v) is 5.48. The molecule has 1 amide bonds. The number of carbonyl (C=O) groups is 1. The Labute approximate surface area is 130 Å². The Morgan fingerprint density at radius 2 is 1.95 bits per heavy atom. The number of nitrogen functional groups attached to an aromatic ring is 1. The Kier molecular flexibility index (Phi) is 5.36. The third-order valence-electron chi connectivity index (χ3n) is 3.12. The maximum absolute atomic E-state index is 12.1. The summed E-state index contributed by atoms with van der Waals surface area (Å²) in [4.78, 5) is 16.0. The lowest BCUT2D eigenvalue weighted by Gasteiger charge is -2.09. The number of pyridine rings is 1. The third-order valence-corrected chi connectivity index (χ3v) is 3.12. The lowest BCUT2D eigenvalue weighted by Crippen LogP contribution is -2.12. The van der Waals surface area contributed by atoms with Crippen LogP contribution in [-0.4, -0.2) is 17.5 Å². The molecule has 0 radical (unpaired) electrons. The second kappa shape index (κ2) is 7.45. The molecule has 0 aliphatic heterocycles. The molecule has 0 atom stereocenters. The van der Waals surface area contributed by atoms with E-state index in [2.05, 4.69) is 24.1 Å². The standard InChI is InChI=1S/C17H21N3O2/c1-12(2)9-10-22-15-6-3-13(4-7-15)17(21)20-14-5-8-16(18)19-11-14/h3-8,11-12H,9-10H2,1-2H3,(H2,18,19)(H,20,21). The zero-order chi connectivity index (χ0) is 15.9. The van der Waals surface area contributed by atoms with Gasteiger partial charge in [0, 0.05) is 5.56 Å². The van der Waals surface area contributed by atoms with Gasteiger partial charge < -0.3 is 15.8 Å². The smallest absolute Gasteiger partial charge is 0.255 e. The van der Waals surface area contributed by atoms with E-state index in [1.165, 1.54) is 6.20 Å². The number of hydrogen-bond donors (Lipinski definition) is 2. The number of aromatic nitrogens is 1. The van der Waals surface area contributed by atoms with Gasteiger partial charge in [-0.3, -0.25) is 4.79 Å². The molecular formula is C17H21N3O2. The summed E-state index contributed by atoms with van der Waals surface area (Å²) in [5.41, 5.74) is 6.68. The van der Waals surface area contributed by atoms with Crippen molar-refractivity contribution in [2.75, 3.05) is 17.7 Å². The molecule has 5 heteroatoms. The van der Waals surface area contributed by atoms with Crippen LogP contribution < -0.4 is 15.8 Å². The van der Waals surface area contributed by atoms with Crippen LogP contribution in [0.2, 0.25) is 0 Å². The fraction of sp³-hybridized carbons (Fsp3) is 0.294. The van der Waals surface area contributed by atoms with Crippen molar-refractivity contribution in [3.05, 3.63) is 48.2 Å². The van der Waals surface area contributed by atoms with Crippen LogP contribution in [0, 0.1) is 5.92 Å². The Hall–Kier alpha value is -2.56. The maximum Gasteiger partial charge on any atom is 0.255 e. The van der Waals surface area contributed by atoms with Crippen molar-refractivity contribution in [3.63, 3.8) is 0 Å². The highest BCUT2D eigenvalue weighted by Crippen LogP contribution is 2.15. The van der Waals surface area contributed by atoms with Crippen molar-refractivity contribution in [1.82, 2.24) is 4.98 Å². The fourth-order valence-electron chi connectivity index (χ4n) is 1.80. The van der Waals surface area contributed by atoms with E-state index < -0.39 is 0 Å². The molecule has 2 rings (SSSR count). The minimum absolute atomic E-state index is 0.194. The van der Waals surface area contributed by atoms with Crippen molar-refractivity contribution in [2.45, 2.75) is 20.3 Å². The van der Waals surface area contributed by atoms with Crippen molar-refractivity contribution in [2.24, 2.45) is 5.92 Å². The molecule has 0 unspecified atom stereocenters. The fourth-order valence-corrected chi connectivity index (χ4v) is 1.80. The first-order valence-electron chi connectivity index (χ1n) is 7.30. The SMILES string of the molecule is CC(C)CCOc1ccc(C(=O)Nc2ccc(N)nc2)cc1. The van der Waals surface area contributed by atoms with Gasteiger partial charge in [-0.25, -0.2) is 4.98 Å². The normalized spacial score (nSPS) is 10.5. The number of nitrogens with zero attached hydrogens (tertiary/aromatic N) is 1. The molecule has 0 aliphatic carbocycles. The van der Waals surface area contributed by atoms with Gasteiger partial charge in [-0.2, -0.15) is 0 Å². The lowest BCUT2D eigenvalue weighted by atomic mass is 10.1. The first-order valence-corrected chi connectivity index (χ1v) is 7.30. The molecular weight excluding hydrogens is 278 g/mol. The van der Waals surface area contributed by atoms with Gasteiger partial charge in [-0.15, -0.1) is 0 Å². The molecule has 1 heterocycles. The van der Waals surface area contributed by atoms with E-state index >= 15 is 0 Å². The summed E-state index contributed by atoms with van der Waals surface area (Å²) in [5, 5.41) is 2.77. The van der Waals surface area contributed by atoms with Crippen LogP contribution in [0.5, 0.6) is 5.75 Å². The van der Waals surface area contributed by atoms with Gasteiger partial charge in [0.15, 0.2) is 0 Å². The van der Waals surface area contributed by atoms with E-state index in [0.717, 1.165) is 12.2 Å². The number of nitrogens with two attached hydrogens (primary N) is 1. The van der Waals surface area contributed by atoms with E-state index in [1.807, 2.05) is 0 Å². The topological polar surface area (TPSA) is 77.2 Å². The monoisotopic (exact) mass is 299 g/mol. The molecule has 2 aromatic rings. The van der Waals surface area contributed by atoms with Crippen LogP contribution in [0.25, 0.3) is 0 Å². The number of carbonyl (C=O) groups excluding carboxylic acids is 1. The summed E-state index contributed by atoms with van der Waals surface area (Å²) in [6, 6.07) is 10.4. The second-order valence-electron chi connectivity index (χ2n) is 5.48. The number of rotatable bonds is 6. The number of hydrogen-bond acceptors (Lipinski definition) is 4. The molecule has 0 saturated heterocycles. The minimum Gasteiger partial charge on any atom is -0.494 e. The van der Waals surface area contributed by atoms with Crippen LogP contribution in [-0.2, 0) is 0 Å². The first-order chi connectivity index (χ1) is 10.5. The Morgan fingerprint density at radius 3 is 2.55 bits per heavy atom. The molecule has 0 bridgehead atoms. The first kappa shape index (κ1) is 15.8. The van der Waals surface area contributed by atoms with E-state index in [4.69, 9.17) is 10.5 Å². The molecule has 0 spiro atoms. The molecule has 0 fully saturated rings. The molecule has 3 N–H and O–H groups in total. The molecule has 22 heavy (non-hydrogen) atoms. The summed E-state index contributed by atoms with van der Waals surface area (Å²) in [6.07, 6.45) is 2.53. The minimum atomic E-state index is -0.194. The molecule has 1 aromatic carbocycles. The number of ether oxygens (including phenoxy) is 1. The lowest BCUT2D eigenvalue weighted by molar-refractivity contribution is 0.102. The van der Waals surface area contributed by atoms with Crippen LogP contribution >= 0.6 is 0 Å². The van der Waals surface area contributed by atoms with Crippen molar-refractivity contribution in [3.8, 4) is 5.75 Å². The number of benzene rings is 1. The van der Waals surface area contributed by atoms with Crippen molar-refractivity contribution < 1.29 is 9.53 Å².